The van der Waals surface area contributed by atoms with E-state index in [2.05, 4.69) is 5.32 Å². The highest BCUT2D eigenvalue weighted by Gasteiger charge is 2.19. The summed E-state index contributed by atoms with van der Waals surface area (Å²) in [5, 5.41) is 3.36. The maximum Gasteiger partial charge on any atom is 0.223 e. The van der Waals surface area contributed by atoms with Gasteiger partial charge < -0.3 is 24.4 Å². The molecule has 0 aromatic heterocycles. The quantitative estimate of drug-likeness (QED) is 0.675. The monoisotopic (exact) mass is 372 g/mol. The molecule has 0 saturated carbocycles. The normalized spacial score (nSPS) is 16.0. The van der Waals surface area contributed by atoms with E-state index in [0.29, 0.717) is 42.9 Å². The van der Waals surface area contributed by atoms with E-state index in [1.54, 1.807) is 25.2 Å². The Balaban J connectivity index is 0.00000312. The lowest BCUT2D eigenvalue weighted by Gasteiger charge is -2.19. The first-order valence-corrected chi connectivity index (χ1v) is 8.45. The molecule has 1 amide bonds. The van der Waals surface area contributed by atoms with E-state index < -0.39 is 0 Å². The minimum atomic E-state index is 0. The van der Waals surface area contributed by atoms with Crippen molar-refractivity contribution in [2.75, 3.05) is 41.0 Å². The van der Waals surface area contributed by atoms with Crippen molar-refractivity contribution in [1.82, 2.24) is 10.2 Å². The summed E-state index contributed by atoms with van der Waals surface area (Å²) in [7, 11) is 5.07. The molecule has 1 aromatic rings. The van der Waals surface area contributed by atoms with Crippen LogP contribution in [0.3, 0.4) is 0 Å². The number of nitrogens with one attached hydrogen (secondary N) is 1. The van der Waals surface area contributed by atoms with Gasteiger partial charge in [-0.25, -0.2) is 0 Å². The predicted molar refractivity (Wildman–Crippen MR) is 100 cm³/mol. The van der Waals surface area contributed by atoms with Gasteiger partial charge in [-0.3, -0.25) is 4.79 Å². The second-order valence-corrected chi connectivity index (χ2v) is 6.06. The van der Waals surface area contributed by atoms with Crippen molar-refractivity contribution in [2.45, 2.75) is 31.7 Å². The molecule has 2 rings (SSSR count). The van der Waals surface area contributed by atoms with Gasteiger partial charge in [-0.15, -0.1) is 12.4 Å². The van der Waals surface area contributed by atoms with Crippen LogP contribution in [0.5, 0.6) is 17.2 Å². The average molecular weight is 373 g/mol. The fourth-order valence-corrected chi connectivity index (χ4v) is 2.78. The first-order valence-electron chi connectivity index (χ1n) is 8.45. The lowest BCUT2D eigenvalue weighted by molar-refractivity contribution is -0.130. The molecule has 1 aromatic carbocycles. The van der Waals surface area contributed by atoms with Crippen LogP contribution < -0.4 is 19.5 Å². The first-order chi connectivity index (χ1) is 11.6. The highest BCUT2D eigenvalue weighted by molar-refractivity contribution is 5.85. The van der Waals surface area contributed by atoms with Crippen LogP contribution in [0, 0.1) is 0 Å². The Morgan fingerprint density at radius 3 is 2.40 bits per heavy atom. The zero-order valence-electron chi connectivity index (χ0n) is 15.2. The van der Waals surface area contributed by atoms with E-state index in [4.69, 9.17) is 14.2 Å². The number of methoxy groups -OCH3 is 2. The minimum Gasteiger partial charge on any atom is -0.496 e. The Bertz CT molecular complexity index is 514. The van der Waals surface area contributed by atoms with Crippen LogP contribution in [-0.2, 0) is 4.79 Å². The number of rotatable bonds is 9. The van der Waals surface area contributed by atoms with Gasteiger partial charge in [0, 0.05) is 44.3 Å². The molecule has 1 unspecified atom stereocenters. The molecule has 1 N–H and O–H groups in total. The molecule has 0 aliphatic carbocycles. The maximum absolute atomic E-state index is 12.1. The fourth-order valence-electron chi connectivity index (χ4n) is 2.78. The van der Waals surface area contributed by atoms with Crippen molar-refractivity contribution in [3.63, 3.8) is 0 Å². The Hall–Kier alpha value is -1.66. The van der Waals surface area contributed by atoms with E-state index in [1.165, 1.54) is 6.42 Å². The van der Waals surface area contributed by atoms with Gasteiger partial charge in [0.2, 0.25) is 5.91 Å². The minimum absolute atomic E-state index is 0. The van der Waals surface area contributed by atoms with Gasteiger partial charge in [-0.2, -0.15) is 0 Å². The number of hydrogen-bond donors (Lipinski definition) is 1. The Morgan fingerprint density at radius 2 is 1.84 bits per heavy atom. The predicted octanol–water partition coefficient (Wildman–Crippen LogP) is 2.50. The van der Waals surface area contributed by atoms with Crippen LogP contribution in [0.4, 0.5) is 0 Å². The number of benzene rings is 1. The summed E-state index contributed by atoms with van der Waals surface area (Å²) in [5.41, 5.74) is 0. The summed E-state index contributed by atoms with van der Waals surface area (Å²) in [6.45, 7) is 2.25. The first kappa shape index (κ1) is 21.4. The van der Waals surface area contributed by atoms with E-state index in [1.807, 2.05) is 19.2 Å². The molecule has 142 valence electrons. The van der Waals surface area contributed by atoms with Gasteiger partial charge in [0.15, 0.2) is 0 Å². The summed E-state index contributed by atoms with van der Waals surface area (Å²) in [6, 6.07) is 5.79. The third-order valence-electron chi connectivity index (χ3n) is 4.24. The molecule has 6 nitrogen and oxygen atoms in total. The highest BCUT2D eigenvalue weighted by Crippen LogP contribution is 2.27. The Kier molecular flexibility index (Phi) is 9.45. The number of carbonyl (C=O) groups excluding carboxylic acids is 1. The van der Waals surface area contributed by atoms with Gasteiger partial charge >= 0.3 is 0 Å². The van der Waals surface area contributed by atoms with Gasteiger partial charge in [0.1, 0.15) is 17.2 Å². The van der Waals surface area contributed by atoms with Crippen LogP contribution in [-0.4, -0.2) is 57.8 Å². The van der Waals surface area contributed by atoms with Crippen molar-refractivity contribution < 1.29 is 19.0 Å². The van der Waals surface area contributed by atoms with Gasteiger partial charge in [-0.1, -0.05) is 0 Å². The van der Waals surface area contributed by atoms with Crippen molar-refractivity contribution in [3.05, 3.63) is 18.2 Å². The molecule has 1 atom stereocenters. The number of amides is 1. The van der Waals surface area contributed by atoms with E-state index in [-0.39, 0.29) is 18.3 Å². The zero-order valence-corrected chi connectivity index (χ0v) is 16.1. The van der Waals surface area contributed by atoms with Crippen LogP contribution in [0.2, 0.25) is 0 Å². The van der Waals surface area contributed by atoms with Crippen molar-refractivity contribution in [1.29, 1.82) is 0 Å². The largest absolute Gasteiger partial charge is 0.496 e. The number of ether oxygens (including phenoxy) is 3. The number of carbonyl (C=O) groups is 1. The molecule has 1 aliphatic heterocycles. The molecule has 0 radical (unpaired) electrons. The Morgan fingerprint density at radius 1 is 1.20 bits per heavy atom. The second kappa shape index (κ2) is 11.1. The molecular weight excluding hydrogens is 344 g/mol. The molecule has 25 heavy (non-hydrogen) atoms. The van der Waals surface area contributed by atoms with Gasteiger partial charge in [0.25, 0.3) is 0 Å². The third kappa shape index (κ3) is 7.00. The SMILES string of the molecule is COc1cc(OC)cc(OCCCN(C)C(=O)CC2CCCN2)c1.Cl. The van der Waals surface area contributed by atoms with Crippen molar-refractivity contribution >= 4 is 18.3 Å². The standard InChI is InChI=1S/C18H28N2O4.ClH/c1-20(18(21)10-14-6-4-7-19-14)8-5-9-24-17-12-15(22-2)11-16(13-17)23-3;/h11-14,19H,4-10H2,1-3H3;1H. The van der Waals surface area contributed by atoms with Gasteiger partial charge in [-0.05, 0) is 25.8 Å². The summed E-state index contributed by atoms with van der Waals surface area (Å²) in [4.78, 5) is 13.9. The zero-order chi connectivity index (χ0) is 17.4. The molecule has 0 bridgehead atoms. The molecule has 1 heterocycles. The summed E-state index contributed by atoms with van der Waals surface area (Å²) in [6.07, 6.45) is 3.63. The van der Waals surface area contributed by atoms with E-state index in [0.717, 1.165) is 19.4 Å². The average Bonchev–Trinajstić information content (AvgIpc) is 3.11. The molecule has 1 saturated heterocycles. The lowest BCUT2D eigenvalue weighted by Crippen LogP contribution is -2.34. The van der Waals surface area contributed by atoms with Crippen molar-refractivity contribution in [2.24, 2.45) is 0 Å². The smallest absolute Gasteiger partial charge is 0.223 e. The number of nitrogens with zero attached hydrogens (tertiary/aromatic N) is 1. The molecular formula is C18H29ClN2O4. The Labute approximate surface area is 156 Å². The fraction of sp³-hybridized carbons (Fsp3) is 0.611. The third-order valence-corrected chi connectivity index (χ3v) is 4.24. The lowest BCUT2D eigenvalue weighted by atomic mass is 10.1. The summed E-state index contributed by atoms with van der Waals surface area (Å²) >= 11 is 0. The summed E-state index contributed by atoms with van der Waals surface area (Å²) < 4.78 is 16.2. The van der Waals surface area contributed by atoms with Crippen LogP contribution in [0.15, 0.2) is 18.2 Å². The molecule has 1 aliphatic rings. The van der Waals surface area contributed by atoms with Crippen LogP contribution in [0.1, 0.15) is 25.7 Å². The highest BCUT2D eigenvalue weighted by atomic mass is 35.5. The number of hydrogen-bond acceptors (Lipinski definition) is 5. The topological polar surface area (TPSA) is 60.0 Å². The molecule has 1 fully saturated rings. The van der Waals surface area contributed by atoms with Crippen LogP contribution in [0.25, 0.3) is 0 Å². The van der Waals surface area contributed by atoms with E-state index in [9.17, 15) is 4.79 Å². The van der Waals surface area contributed by atoms with Crippen LogP contribution >= 0.6 is 12.4 Å². The maximum atomic E-state index is 12.1. The van der Waals surface area contributed by atoms with Crippen molar-refractivity contribution in [3.8, 4) is 17.2 Å². The molecule has 0 spiro atoms. The molecule has 7 heteroatoms. The summed E-state index contributed by atoms with van der Waals surface area (Å²) in [5.74, 6) is 2.29. The second-order valence-electron chi connectivity index (χ2n) is 6.06. The van der Waals surface area contributed by atoms with Gasteiger partial charge in [0.05, 0.1) is 20.8 Å². The van der Waals surface area contributed by atoms with E-state index >= 15 is 0 Å². The number of halogens is 1.